The first-order valence-corrected chi connectivity index (χ1v) is 5.02. The molecule has 2 N–H and O–H groups in total. The summed E-state index contributed by atoms with van der Waals surface area (Å²) in [5.74, 6) is 0. The van der Waals surface area contributed by atoms with Crippen molar-refractivity contribution in [1.29, 1.82) is 0 Å². The number of ether oxygens (including phenoxy) is 2. The summed E-state index contributed by atoms with van der Waals surface area (Å²) in [5, 5.41) is 0. The highest BCUT2D eigenvalue weighted by atomic mass is 16.7. The molecular weight excluding hydrogens is 190 g/mol. The molecule has 1 aromatic carbocycles. The van der Waals surface area contributed by atoms with Gasteiger partial charge in [-0.25, -0.2) is 0 Å². The van der Waals surface area contributed by atoms with Crippen LogP contribution in [0.1, 0.15) is 24.4 Å². The van der Waals surface area contributed by atoms with Crippen molar-refractivity contribution in [3.8, 4) is 0 Å². The molecule has 3 heteroatoms. The quantitative estimate of drug-likeness (QED) is 0.779. The van der Waals surface area contributed by atoms with Crippen LogP contribution in [0.3, 0.4) is 0 Å². The van der Waals surface area contributed by atoms with E-state index in [0.717, 1.165) is 18.4 Å². The van der Waals surface area contributed by atoms with Gasteiger partial charge in [0.2, 0.25) is 6.29 Å². The monoisotopic (exact) mass is 208 g/mol. The van der Waals surface area contributed by atoms with Gasteiger partial charge in [-0.2, -0.15) is 0 Å². The van der Waals surface area contributed by atoms with E-state index in [2.05, 4.69) is 0 Å². The van der Waals surface area contributed by atoms with Crippen LogP contribution in [0.4, 0.5) is 0 Å². The molecule has 83 valence electrons. The van der Waals surface area contributed by atoms with Gasteiger partial charge in [-0.1, -0.05) is 30.3 Å². The maximum Gasteiger partial charge on any atom is 0.223 e. The van der Waals surface area contributed by atoms with Crippen LogP contribution in [0.5, 0.6) is 0 Å². The minimum absolute atomic E-state index is 0.0338. The van der Waals surface area contributed by atoms with E-state index in [4.69, 9.17) is 15.2 Å². The Morgan fingerprint density at radius 3 is 2.33 bits per heavy atom. The Labute approximate surface area is 91.2 Å². The zero-order valence-corrected chi connectivity index (χ0v) is 9.27. The number of benzene rings is 1. The topological polar surface area (TPSA) is 44.5 Å². The maximum atomic E-state index is 6.03. The lowest BCUT2D eigenvalue weighted by Gasteiger charge is -2.15. The number of hydrogen-bond donors (Lipinski definition) is 1. The molecule has 1 radical (unpaired) electrons. The molecule has 1 unspecified atom stereocenters. The van der Waals surface area contributed by atoms with Crippen LogP contribution in [0.15, 0.2) is 30.3 Å². The predicted octanol–water partition coefficient (Wildman–Crippen LogP) is 2.25. The third kappa shape index (κ3) is 4.00. The second kappa shape index (κ2) is 6.56. The number of methoxy groups -OCH3 is 2. The van der Waals surface area contributed by atoms with Crippen molar-refractivity contribution in [2.75, 3.05) is 14.2 Å². The fourth-order valence-electron chi connectivity index (χ4n) is 1.43. The fourth-order valence-corrected chi connectivity index (χ4v) is 1.43. The molecule has 0 bridgehead atoms. The Balaban J connectivity index is 2.39. The molecule has 0 aromatic heterocycles. The zero-order chi connectivity index (χ0) is 11.1. The second-order valence-electron chi connectivity index (χ2n) is 3.34. The first-order valence-electron chi connectivity index (χ1n) is 5.02. The van der Waals surface area contributed by atoms with Crippen LogP contribution in [0, 0.1) is 6.29 Å². The molecule has 1 rings (SSSR count). The Morgan fingerprint density at radius 2 is 1.80 bits per heavy atom. The van der Waals surface area contributed by atoms with Gasteiger partial charge in [0.1, 0.15) is 0 Å². The predicted molar refractivity (Wildman–Crippen MR) is 59.9 cm³/mol. The highest BCUT2D eigenvalue weighted by molar-refractivity contribution is 5.18. The Kier molecular flexibility index (Phi) is 5.32. The van der Waals surface area contributed by atoms with Crippen molar-refractivity contribution in [3.63, 3.8) is 0 Å². The Bertz CT molecular complexity index is 260. The van der Waals surface area contributed by atoms with E-state index in [1.54, 1.807) is 14.2 Å². The summed E-state index contributed by atoms with van der Waals surface area (Å²) in [6.45, 7) is 0. The van der Waals surface area contributed by atoms with Crippen molar-refractivity contribution in [3.05, 3.63) is 42.2 Å². The normalized spacial score (nSPS) is 13.1. The molecule has 0 saturated carbocycles. The van der Waals surface area contributed by atoms with Gasteiger partial charge in [0, 0.05) is 26.7 Å². The summed E-state index contributed by atoms with van der Waals surface area (Å²) < 4.78 is 10.0. The van der Waals surface area contributed by atoms with Crippen LogP contribution in [-0.4, -0.2) is 14.2 Å². The highest BCUT2D eigenvalue weighted by Crippen LogP contribution is 2.19. The van der Waals surface area contributed by atoms with Crippen molar-refractivity contribution >= 4 is 0 Å². The summed E-state index contributed by atoms with van der Waals surface area (Å²) in [5.41, 5.74) is 7.17. The van der Waals surface area contributed by atoms with Crippen LogP contribution in [-0.2, 0) is 9.47 Å². The summed E-state index contributed by atoms with van der Waals surface area (Å²) in [6, 6.07) is 10.1. The van der Waals surface area contributed by atoms with Gasteiger partial charge in [-0.15, -0.1) is 0 Å². The molecule has 0 saturated heterocycles. The van der Waals surface area contributed by atoms with E-state index in [9.17, 15) is 0 Å². The SMILES string of the molecule is CO[C](CCC(N)c1ccccc1)OC. The summed E-state index contributed by atoms with van der Waals surface area (Å²) >= 11 is 0. The average Bonchev–Trinajstić information content (AvgIpc) is 2.31. The van der Waals surface area contributed by atoms with Crippen molar-refractivity contribution in [2.45, 2.75) is 18.9 Å². The highest BCUT2D eigenvalue weighted by Gasteiger charge is 2.11. The Hall–Kier alpha value is -0.900. The van der Waals surface area contributed by atoms with E-state index in [1.165, 1.54) is 0 Å². The van der Waals surface area contributed by atoms with Crippen LogP contribution < -0.4 is 5.73 Å². The average molecular weight is 208 g/mol. The number of nitrogens with two attached hydrogens (primary N) is 1. The van der Waals surface area contributed by atoms with E-state index >= 15 is 0 Å². The van der Waals surface area contributed by atoms with Gasteiger partial charge in [-0.3, -0.25) is 0 Å². The van der Waals surface area contributed by atoms with Crippen molar-refractivity contribution < 1.29 is 9.47 Å². The minimum atomic E-state index is 0.0338. The van der Waals surface area contributed by atoms with Crippen molar-refractivity contribution in [2.24, 2.45) is 5.73 Å². The van der Waals surface area contributed by atoms with Gasteiger partial charge in [0.25, 0.3) is 0 Å². The molecule has 3 nitrogen and oxygen atoms in total. The molecule has 0 heterocycles. The largest absolute Gasteiger partial charge is 0.349 e. The molecule has 0 aliphatic carbocycles. The fraction of sp³-hybridized carbons (Fsp3) is 0.417. The summed E-state index contributed by atoms with van der Waals surface area (Å²) in [6.07, 6.45) is 2.17. The van der Waals surface area contributed by atoms with Gasteiger partial charge < -0.3 is 15.2 Å². The molecule has 1 aromatic rings. The lowest BCUT2D eigenvalue weighted by molar-refractivity contribution is -0.00446. The first kappa shape index (κ1) is 12.2. The molecule has 1 atom stereocenters. The van der Waals surface area contributed by atoms with E-state index in [-0.39, 0.29) is 6.04 Å². The number of rotatable bonds is 6. The third-order valence-electron chi connectivity index (χ3n) is 2.34. The van der Waals surface area contributed by atoms with Gasteiger partial charge >= 0.3 is 0 Å². The van der Waals surface area contributed by atoms with E-state index in [1.807, 2.05) is 30.3 Å². The second-order valence-corrected chi connectivity index (χ2v) is 3.34. The van der Waals surface area contributed by atoms with Gasteiger partial charge in [0.15, 0.2) is 0 Å². The lowest BCUT2D eigenvalue weighted by Crippen LogP contribution is -2.13. The van der Waals surface area contributed by atoms with E-state index < -0.39 is 0 Å². The molecule has 0 spiro atoms. The molecule has 0 fully saturated rings. The third-order valence-corrected chi connectivity index (χ3v) is 2.34. The summed E-state index contributed by atoms with van der Waals surface area (Å²) in [7, 11) is 3.21. The standard InChI is InChI=1S/C12H18NO2/c1-14-12(15-2)9-8-11(13)10-6-4-3-5-7-10/h3-7,11H,8-9,13H2,1-2H3. The lowest BCUT2D eigenvalue weighted by atomic mass is 10.0. The zero-order valence-electron chi connectivity index (χ0n) is 9.27. The molecule has 0 aliphatic rings. The van der Waals surface area contributed by atoms with Gasteiger partial charge in [0.05, 0.1) is 0 Å². The van der Waals surface area contributed by atoms with Crippen molar-refractivity contribution in [1.82, 2.24) is 0 Å². The van der Waals surface area contributed by atoms with E-state index in [0.29, 0.717) is 6.29 Å². The molecule has 0 amide bonds. The summed E-state index contributed by atoms with van der Waals surface area (Å²) in [4.78, 5) is 0. The molecule has 15 heavy (non-hydrogen) atoms. The van der Waals surface area contributed by atoms with Crippen LogP contribution in [0.2, 0.25) is 0 Å². The first-order chi connectivity index (χ1) is 7.27. The molecular formula is C12H18NO2. The minimum Gasteiger partial charge on any atom is -0.349 e. The smallest absolute Gasteiger partial charge is 0.223 e. The van der Waals surface area contributed by atoms with Crippen LogP contribution >= 0.6 is 0 Å². The van der Waals surface area contributed by atoms with Crippen LogP contribution in [0.25, 0.3) is 0 Å². The Morgan fingerprint density at radius 1 is 1.20 bits per heavy atom. The number of hydrogen-bond acceptors (Lipinski definition) is 3. The maximum absolute atomic E-state index is 6.03. The molecule has 0 aliphatic heterocycles. The van der Waals surface area contributed by atoms with Gasteiger partial charge in [-0.05, 0) is 12.0 Å².